The molecule has 6 aromatic rings. The van der Waals surface area contributed by atoms with E-state index < -0.39 is 0 Å². The number of aryl methyl sites for hydroxylation is 1. The number of carbonyl (C=O) groups excluding carboxylic acids is 1. The van der Waals surface area contributed by atoms with Crippen molar-refractivity contribution in [1.82, 2.24) is 25.1 Å². The van der Waals surface area contributed by atoms with Crippen LogP contribution in [0, 0.1) is 12.7 Å². The van der Waals surface area contributed by atoms with Crippen molar-refractivity contribution in [3.63, 3.8) is 0 Å². The van der Waals surface area contributed by atoms with E-state index in [0.717, 1.165) is 29.3 Å². The molecule has 45 heavy (non-hydrogen) atoms. The normalized spacial score (nSPS) is 12.2. The minimum Gasteiger partial charge on any atom is -0.355 e. The number of hydrogen-bond acceptors (Lipinski definition) is 5. The largest absolute Gasteiger partial charge is 0.355 e. The van der Waals surface area contributed by atoms with Crippen molar-refractivity contribution in [1.29, 1.82) is 0 Å². The van der Waals surface area contributed by atoms with Gasteiger partial charge >= 0.3 is 0 Å². The first-order valence-electron chi connectivity index (χ1n) is 15.4. The van der Waals surface area contributed by atoms with E-state index in [1.807, 2.05) is 41.8 Å². The number of nitrogens with one attached hydrogen (secondary N) is 1. The molecule has 6 rings (SSSR count). The summed E-state index contributed by atoms with van der Waals surface area (Å²) in [5.41, 5.74) is 6.32. The molecule has 6 nitrogen and oxygen atoms in total. The third kappa shape index (κ3) is 6.91. The van der Waals surface area contributed by atoms with Gasteiger partial charge in [0, 0.05) is 23.4 Å². The standard InChI is InChI=1S/C37H36FN5OS/c1-3-12-33(36(44)39-22-21-29(26-13-6-4-7-14-26)27-15-8-5-9-16-27)45-37-40-35-34(41-42-37)30-23-25(2)19-20-32(30)43(35)24-28-17-10-11-18-31(28)38/h4-11,13-20,23,29,33H,3,12,21-22,24H2,1-2H3,(H,39,44). The molecule has 0 saturated carbocycles. The Morgan fingerprint density at radius 1 is 0.889 bits per heavy atom. The topological polar surface area (TPSA) is 72.7 Å². The molecule has 0 aliphatic carbocycles. The average molecular weight is 618 g/mol. The van der Waals surface area contributed by atoms with Crippen molar-refractivity contribution in [3.05, 3.63) is 131 Å². The molecule has 0 aliphatic rings. The minimum atomic E-state index is -0.368. The molecule has 1 N–H and O–H groups in total. The van der Waals surface area contributed by atoms with Crippen molar-refractivity contribution in [2.45, 2.75) is 56.0 Å². The zero-order chi connectivity index (χ0) is 31.2. The van der Waals surface area contributed by atoms with E-state index in [1.165, 1.54) is 29.0 Å². The van der Waals surface area contributed by atoms with Gasteiger partial charge in [0.1, 0.15) is 11.3 Å². The maximum atomic E-state index is 14.7. The molecule has 0 spiro atoms. The van der Waals surface area contributed by atoms with Gasteiger partial charge in [-0.3, -0.25) is 4.79 Å². The third-order valence-electron chi connectivity index (χ3n) is 8.12. The van der Waals surface area contributed by atoms with Crippen LogP contribution in [0.5, 0.6) is 0 Å². The number of amides is 1. The predicted octanol–water partition coefficient (Wildman–Crippen LogP) is 8.07. The molecule has 4 aromatic carbocycles. The van der Waals surface area contributed by atoms with E-state index in [4.69, 9.17) is 4.98 Å². The molecule has 228 valence electrons. The lowest BCUT2D eigenvalue weighted by Gasteiger charge is -2.20. The first kappa shape index (κ1) is 30.5. The molecular weight excluding hydrogens is 582 g/mol. The summed E-state index contributed by atoms with van der Waals surface area (Å²) >= 11 is 1.33. The Morgan fingerprint density at radius 3 is 2.27 bits per heavy atom. The Kier molecular flexibility index (Phi) is 9.50. The van der Waals surface area contributed by atoms with Gasteiger partial charge in [-0.15, -0.1) is 10.2 Å². The lowest BCUT2D eigenvalue weighted by Crippen LogP contribution is -2.34. The molecule has 1 unspecified atom stereocenters. The fourth-order valence-corrected chi connectivity index (χ4v) is 6.87. The number of halogens is 1. The Bertz CT molecular complexity index is 1870. The van der Waals surface area contributed by atoms with Gasteiger partial charge in [-0.05, 0) is 49.1 Å². The molecule has 2 heterocycles. The highest BCUT2D eigenvalue weighted by Gasteiger charge is 2.23. The van der Waals surface area contributed by atoms with Crippen LogP contribution in [-0.2, 0) is 11.3 Å². The van der Waals surface area contributed by atoms with Gasteiger partial charge in [0.05, 0.1) is 17.3 Å². The van der Waals surface area contributed by atoms with Gasteiger partial charge in [0.25, 0.3) is 0 Å². The SMILES string of the molecule is CCCC(Sc1nnc2c3cc(C)ccc3n(Cc3ccccc3F)c2n1)C(=O)NCCC(c1ccccc1)c1ccccc1. The van der Waals surface area contributed by atoms with E-state index in [2.05, 4.69) is 77.0 Å². The lowest BCUT2D eigenvalue weighted by molar-refractivity contribution is -0.120. The van der Waals surface area contributed by atoms with Gasteiger partial charge in [-0.1, -0.05) is 116 Å². The summed E-state index contributed by atoms with van der Waals surface area (Å²) in [6.45, 7) is 4.95. The van der Waals surface area contributed by atoms with Crippen molar-refractivity contribution >= 4 is 39.7 Å². The second kappa shape index (κ2) is 14.0. The van der Waals surface area contributed by atoms with Gasteiger partial charge < -0.3 is 9.88 Å². The highest BCUT2D eigenvalue weighted by atomic mass is 32.2. The zero-order valence-corrected chi connectivity index (χ0v) is 26.3. The fraction of sp³-hybridized carbons (Fsp3) is 0.243. The summed E-state index contributed by atoms with van der Waals surface area (Å²) in [4.78, 5) is 18.4. The van der Waals surface area contributed by atoms with Crippen LogP contribution in [0.3, 0.4) is 0 Å². The Morgan fingerprint density at radius 2 is 1.58 bits per heavy atom. The maximum absolute atomic E-state index is 14.7. The van der Waals surface area contributed by atoms with Crippen LogP contribution in [-0.4, -0.2) is 37.5 Å². The smallest absolute Gasteiger partial charge is 0.233 e. The van der Waals surface area contributed by atoms with Crippen molar-refractivity contribution < 1.29 is 9.18 Å². The zero-order valence-electron chi connectivity index (χ0n) is 25.5. The fourth-order valence-electron chi connectivity index (χ4n) is 5.84. The molecule has 2 aromatic heterocycles. The molecule has 1 atom stereocenters. The number of thioether (sulfide) groups is 1. The monoisotopic (exact) mass is 617 g/mol. The molecule has 0 fully saturated rings. The lowest BCUT2D eigenvalue weighted by atomic mass is 9.88. The highest BCUT2D eigenvalue weighted by molar-refractivity contribution is 8.00. The highest BCUT2D eigenvalue weighted by Crippen LogP contribution is 2.31. The van der Waals surface area contributed by atoms with E-state index >= 15 is 0 Å². The van der Waals surface area contributed by atoms with E-state index in [-0.39, 0.29) is 22.9 Å². The van der Waals surface area contributed by atoms with E-state index in [1.54, 1.807) is 12.1 Å². The molecule has 0 radical (unpaired) electrons. The Hall–Kier alpha value is -4.56. The van der Waals surface area contributed by atoms with Gasteiger partial charge in [0.2, 0.25) is 11.1 Å². The number of benzene rings is 4. The van der Waals surface area contributed by atoms with Gasteiger partial charge in [-0.2, -0.15) is 0 Å². The number of hydrogen-bond donors (Lipinski definition) is 1. The average Bonchev–Trinajstić information content (AvgIpc) is 3.36. The van der Waals surface area contributed by atoms with Gasteiger partial charge in [0.15, 0.2) is 5.65 Å². The maximum Gasteiger partial charge on any atom is 0.233 e. The number of carbonyl (C=O) groups is 1. The van der Waals surface area contributed by atoms with Crippen LogP contribution < -0.4 is 5.32 Å². The number of aromatic nitrogens is 4. The first-order valence-corrected chi connectivity index (χ1v) is 16.3. The molecule has 0 aliphatic heterocycles. The molecule has 8 heteroatoms. The third-order valence-corrected chi connectivity index (χ3v) is 9.23. The van der Waals surface area contributed by atoms with Crippen LogP contribution >= 0.6 is 11.8 Å². The minimum absolute atomic E-state index is 0.0343. The van der Waals surface area contributed by atoms with Crippen molar-refractivity contribution in [3.8, 4) is 0 Å². The predicted molar refractivity (Wildman–Crippen MR) is 180 cm³/mol. The molecule has 0 bridgehead atoms. The second-order valence-electron chi connectivity index (χ2n) is 11.3. The van der Waals surface area contributed by atoms with E-state index in [0.29, 0.717) is 41.4 Å². The van der Waals surface area contributed by atoms with Crippen LogP contribution in [0.15, 0.2) is 108 Å². The Balaban J connectivity index is 1.23. The van der Waals surface area contributed by atoms with E-state index in [9.17, 15) is 9.18 Å². The van der Waals surface area contributed by atoms with Crippen molar-refractivity contribution in [2.24, 2.45) is 0 Å². The van der Waals surface area contributed by atoms with Crippen LogP contribution in [0.2, 0.25) is 0 Å². The summed E-state index contributed by atoms with van der Waals surface area (Å²) in [7, 11) is 0. The molecule has 0 saturated heterocycles. The van der Waals surface area contributed by atoms with Crippen LogP contribution in [0.1, 0.15) is 54.4 Å². The summed E-state index contributed by atoms with van der Waals surface area (Å²) in [5, 5.41) is 13.2. The van der Waals surface area contributed by atoms with Crippen molar-refractivity contribution in [2.75, 3.05) is 6.54 Å². The second-order valence-corrected chi connectivity index (χ2v) is 12.5. The number of nitrogens with zero attached hydrogens (tertiary/aromatic N) is 4. The van der Waals surface area contributed by atoms with Crippen LogP contribution in [0.25, 0.3) is 22.1 Å². The summed E-state index contributed by atoms with van der Waals surface area (Å²) in [6, 6.07) is 33.7. The first-order chi connectivity index (χ1) is 22.0. The van der Waals surface area contributed by atoms with Crippen LogP contribution in [0.4, 0.5) is 4.39 Å². The Labute approximate surface area is 267 Å². The molecule has 1 amide bonds. The van der Waals surface area contributed by atoms with Gasteiger partial charge in [-0.25, -0.2) is 9.37 Å². The summed E-state index contributed by atoms with van der Waals surface area (Å²) in [5.74, 6) is -0.120. The number of fused-ring (bicyclic) bond motifs is 3. The quantitative estimate of drug-likeness (QED) is 0.141. The molecular formula is C37H36FN5OS. The summed E-state index contributed by atoms with van der Waals surface area (Å²) < 4.78 is 16.7. The number of rotatable bonds is 12. The summed E-state index contributed by atoms with van der Waals surface area (Å²) in [6.07, 6.45) is 2.29.